The molecule has 4 nitrogen and oxygen atoms in total. The van der Waals surface area contributed by atoms with Crippen molar-refractivity contribution in [1.29, 1.82) is 0 Å². The number of rotatable bonds is 5. The van der Waals surface area contributed by atoms with Crippen molar-refractivity contribution in [3.05, 3.63) is 0 Å². The predicted octanol–water partition coefficient (Wildman–Crippen LogP) is 2.71. The highest BCUT2D eigenvalue weighted by Gasteiger charge is 2.37. The van der Waals surface area contributed by atoms with Gasteiger partial charge in [0.25, 0.3) is 0 Å². The number of nitrogens with zero attached hydrogens (tertiary/aromatic N) is 1. The van der Waals surface area contributed by atoms with Gasteiger partial charge in [0, 0.05) is 29.5 Å². The third-order valence-electron chi connectivity index (χ3n) is 3.86. The zero-order valence-electron chi connectivity index (χ0n) is 13.4. The van der Waals surface area contributed by atoms with E-state index in [0.717, 1.165) is 38.0 Å². The molecule has 0 aromatic heterocycles. The van der Waals surface area contributed by atoms with Crippen LogP contribution in [0.1, 0.15) is 46.5 Å². The Morgan fingerprint density at radius 1 is 1.19 bits per heavy atom. The van der Waals surface area contributed by atoms with E-state index in [1.807, 2.05) is 4.90 Å². The van der Waals surface area contributed by atoms with Crippen molar-refractivity contribution < 1.29 is 14.3 Å². The first kappa shape index (κ1) is 16.7. The lowest BCUT2D eigenvalue weighted by atomic mass is 9.98. The molecule has 1 heterocycles. The molecule has 2 rings (SSSR count). The predicted molar refractivity (Wildman–Crippen MR) is 85.2 cm³/mol. The molecule has 1 saturated carbocycles. The summed E-state index contributed by atoms with van der Waals surface area (Å²) in [5, 5.41) is 0. The van der Waals surface area contributed by atoms with E-state index in [-0.39, 0.29) is 28.5 Å². The first-order chi connectivity index (χ1) is 9.87. The van der Waals surface area contributed by atoms with E-state index in [2.05, 4.69) is 20.8 Å². The number of piperidine rings is 1. The van der Waals surface area contributed by atoms with E-state index in [1.165, 1.54) is 0 Å². The van der Waals surface area contributed by atoms with Gasteiger partial charge in [0.2, 0.25) is 5.91 Å². The standard InChI is InChI=1S/C16H27NO3S/c1-16(2,3)21-10-9-20-15(19)13-5-4-8-17(11-13)14(18)12-6-7-12/h12-13H,4-11H2,1-3H3/t13-/m0/s1. The highest BCUT2D eigenvalue weighted by atomic mass is 32.2. The summed E-state index contributed by atoms with van der Waals surface area (Å²) in [6, 6.07) is 0. The minimum atomic E-state index is -0.127. The van der Waals surface area contributed by atoms with E-state index in [9.17, 15) is 9.59 Å². The molecule has 0 aromatic carbocycles. The maximum atomic E-state index is 12.1. The van der Waals surface area contributed by atoms with Crippen molar-refractivity contribution in [2.75, 3.05) is 25.4 Å². The van der Waals surface area contributed by atoms with Crippen LogP contribution in [-0.4, -0.2) is 47.0 Å². The SMILES string of the molecule is CC(C)(C)SCCOC(=O)[C@H]1CCCN(C(=O)C2CC2)C1. The summed E-state index contributed by atoms with van der Waals surface area (Å²) in [6.07, 6.45) is 3.80. The van der Waals surface area contributed by atoms with E-state index >= 15 is 0 Å². The molecule has 1 saturated heterocycles. The van der Waals surface area contributed by atoms with Crippen molar-refractivity contribution in [3.8, 4) is 0 Å². The van der Waals surface area contributed by atoms with Crippen LogP contribution in [0.25, 0.3) is 0 Å². The number of carbonyl (C=O) groups is 2. The fourth-order valence-corrected chi connectivity index (χ4v) is 3.35. The molecule has 0 unspecified atom stereocenters. The number of amides is 1. The van der Waals surface area contributed by atoms with Crippen molar-refractivity contribution in [2.45, 2.75) is 51.2 Å². The molecule has 1 aliphatic carbocycles. The zero-order chi connectivity index (χ0) is 15.5. The van der Waals surface area contributed by atoms with Gasteiger partial charge in [0.1, 0.15) is 6.61 Å². The fraction of sp³-hybridized carbons (Fsp3) is 0.875. The molecule has 0 N–H and O–H groups in total. The molecule has 21 heavy (non-hydrogen) atoms. The largest absolute Gasteiger partial charge is 0.465 e. The van der Waals surface area contributed by atoms with Gasteiger partial charge in [-0.2, -0.15) is 11.8 Å². The van der Waals surface area contributed by atoms with Gasteiger partial charge in [0.15, 0.2) is 0 Å². The number of hydrogen-bond donors (Lipinski definition) is 0. The average Bonchev–Trinajstić information content (AvgIpc) is 3.26. The van der Waals surface area contributed by atoms with Gasteiger partial charge >= 0.3 is 5.97 Å². The Morgan fingerprint density at radius 2 is 1.90 bits per heavy atom. The van der Waals surface area contributed by atoms with Crippen LogP contribution >= 0.6 is 11.8 Å². The number of thioether (sulfide) groups is 1. The minimum absolute atomic E-state index is 0.124. The fourth-order valence-electron chi connectivity index (χ4n) is 2.57. The summed E-state index contributed by atoms with van der Waals surface area (Å²) >= 11 is 1.80. The third kappa shape index (κ3) is 5.53. The zero-order valence-corrected chi connectivity index (χ0v) is 14.2. The van der Waals surface area contributed by atoms with Crippen LogP contribution in [-0.2, 0) is 14.3 Å². The monoisotopic (exact) mass is 313 g/mol. The molecule has 2 fully saturated rings. The molecule has 0 bridgehead atoms. The second-order valence-electron chi connectivity index (χ2n) is 7.03. The Hall–Kier alpha value is -0.710. The number of carbonyl (C=O) groups excluding carboxylic acids is 2. The van der Waals surface area contributed by atoms with E-state index in [1.54, 1.807) is 11.8 Å². The molecule has 0 aromatic rings. The highest BCUT2D eigenvalue weighted by molar-refractivity contribution is 8.00. The van der Waals surface area contributed by atoms with E-state index in [4.69, 9.17) is 4.74 Å². The quantitative estimate of drug-likeness (QED) is 0.578. The first-order valence-electron chi connectivity index (χ1n) is 7.96. The lowest BCUT2D eigenvalue weighted by molar-refractivity contribution is -0.151. The summed E-state index contributed by atoms with van der Waals surface area (Å²) in [5.41, 5.74) is 0. The van der Waals surface area contributed by atoms with Crippen LogP contribution in [0.15, 0.2) is 0 Å². The number of hydrogen-bond acceptors (Lipinski definition) is 4. The van der Waals surface area contributed by atoms with Gasteiger partial charge in [-0.05, 0) is 25.7 Å². The van der Waals surface area contributed by atoms with Crippen molar-refractivity contribution in [1.82, 2.24) is 4.90 Å². The number of likely N-dealkylation sites (tertiary alicyclic amines) is 1. The molecule has 0 spiro atoms. The second-order valence-corrected chi connectivity index (χ2v) is 8.95. The molecule has 1 amide bonds. The molecule has 1 atom stereocenters. The Balaban J connectivity index is 1.70. The lowest BCUT2D eigenvalue weighted by Gasteiger charge is -2.31. The highest BCUT2D eigenvalue weighted by Crippen LogP contribution is 2.32. The van der Waals surface area contributed by atoms with Crippen LogP contribution in [0.5, 0.6) is 0 Å². The van der Waals surface area contributed by atoms with Crippen molar-refractivity contribution in [2.24, 2.45) is 11.8 Å². The maximum Gasteiger partial charge on any atom is 0.310 e. The van der Waals surface area contributed by atoms with Crippen LogP contribution in [0, 0.1) is 11.8 Å². The van der Waals surface area contributed by atoms with Gasteiger partial charge in [-0.1, -0.05) is 20.8 Å². The van der Waals surface area contributed by atoms with E-state index < -0.39 is 0 Å². The second kappa shape index (κ2) is 7.03. The summed E-state index contributed by atoms with van der Waals surface area (Å²) in [5.74, 6) is 1.06. The van der Waals surface area contributed by atoms with Crippen LogP contribution < -0.4 is 0 Å². The lowest BCUT2D eigenvalue weighted by Crippen LogP contribution is -2.43. The number of ether oxygens (including phenoxy) is 1. The molecular weight excluding hydrogens is 286 g/mol. The summed E-state index contributed by atoms with van der Waals surface area (Å²) in [7, 11) is 0. The van der Waals surface area contributed by atoms with E-state index in [0.29, 0.717) is 13.2 Å². The summed E-state index contributed by atoms with van der Waals surface area (Å²) < 4.78 is 5.58. The Bertz CT molecular complexity index is 387. The summed E-state index contributed by atoms with van der Waals surface area (Å²) in [4.78, 5) is 26.0. The van der Waals surface area contributed by atoms with Crippen LogP contribution in [0.4, 0.5) is 0 Å². The van der Waals surface area contributed by atoms with Crippen LogP contribution in [0.3, 0.4) is 0 Å². The van der Waals surface area contributed by atoms with Gasteiger partial charge in [-0.3, -0.25) is 9.59 Å². The topological polar surface area (TPSA) is 46.6 Å². The molecule has 0 radical (unpaired) electrons. The number of esters is 1. The summed E-state index contributed by atoms with van der Waals surface area (Å²) in [6.45, 7) is 8.29. The van der Waals surface area contributed by atoms with Gasteiger partial charge in [0.05, 0.1) is 5.92 Å². The molecule has 120 valence electrons. The van der Waals surface area contributed by atoms with Gasteiger partial charge < -0.3 is 9.64 Å². The molecule has 5 heteroatoms. The smallest absolute Gasteiger partial charge is 0.310 e. The minimum Gasteiger partial charge on any atom is -0.465 e. The normalized spacial score (nSPS) is 23.0. The Labute approximate surface area is 132 Å². The average molecular weight is 313 g/mol. The molecule has 2 aliphatic rings. The first-order valence-corrected chi connectivity index (χ1v) is 8.95. The Morgan fingerprint density at radius 3 is 2.52 bits per heavy atom. The maximum absolute atomic E-state index is 12.1. The third-order valence-corrected chi connectivity index (χ3v) is 5.09. The molecule has 1 aliphatic heterocycles. The van der Waals surface area contributed by atoms with Gasteiger partial charge in [-0.15, -0.1) is 0 Å². The van der Waals surface area contributed by atoms with Crippen LogP contribution in [0.2, 0.25) is 0 Å². The van der Waals surface area contributed by atoms with Crippen molar-refractivity contribution in [3.63, 3.8) is 0 Å². The molecular formula is C16H27NO3S. The van der Waals surface area contributed by atoms with Gasteiger partial charge in [-0.25, -0.2) is 0 Å². The van der Waals surface area contributed by atoms with Crippen molar-refractivity contribution >= 4 is 23.6 Å². The Kier molecular flexibility index (Phi) is 5.58.